The molecule has 0 aliphatic carbocycles. The summed E-state index contributed by atoms with van der Waals surface area (Å²) in [5.74, 6) is -1.22. The van der Waals surface area contributed by atoms with Gasteiger partial charge in [0, 0.05) is 39.0 Å². The minimum Gasteiger partial charge on any atom is -0.480 e. The van der Waals surface area contributed by atoms with Gasteiger partial charge in [-0.15, -0.1) is 0 Å². The second-order valence-corrected chi connectivity index (χ2v) is 5.55. The molecule has 2 aliphatic rings. The van der Waals surface area contributed by atoms with E-state index in [2.05, 4.69) is 5.32 Å². The van der Waals surface area contributed by atoms with Crippen molar-refractivity contribution in [1.29, 1.82) is 0 Å². The minimum atomic E-state index is -1.10. The highest BCUT2D eigenvalue weighted by molar-refractivity contribution is 5.84. The zero-order chi connectivity index (χ0) is 15.6. The van der Waals surface area contributed by atoms with Crippen LogP contribution >= 0.6 is 0 Å². The average molecular weight is 299 g/mol. The zero-order valence-corrected chi connectivity index (χ0v) is 12.0. The summed E-state index contributed by atoms with van der Waals surface area (Å²) in [6, 6.07) is -1.33. The monoisotopic (exact) mass is 299 g/mol. The summed E-state index contributed by atoms with van der Waals surface area (Å²) in [4.78, 5) is 37.9. The lowest BCUT2D eigenvalue weighted by Crippen LogP contribution is -2.51. The first-order valence-corrected chi connectivity index (χ1v) is 7.12. The number of aliphatic hydroxyl groups excluding tert-OH is 1. The third-order valence-corrected chi connectivity index (χ3v) is 4.19. The van der Waals surface area contributed by atoms with Crippen molar-refractivity contribution in [2.45, 2.75) is 31.4 Å². The number of urea groups is 1. The molecule has 118 valence electrons. The van der Waals surface area contributed by atoms with Crippen LogP contribution in [0, 0.1) is 5.92 Å². The topological polar surface area (TPSA) is 110 Å². The Hall–Kier alpha value is -1.83. The van der Waals surface area contributed by atoms with Crippen molar-refractivity contribution in [1.82, 2.24) is 15.1 Å². The molecule has 0 aromatic heterocycles. The summed E-state index contributed by atoms with van der Waals surface area (Å²) >= 11 is 0. The molecule has 8 heteroatoms. The van der Waals surface area contributed by atoms with Crippen molar-refractivity contribution >= 4 is 17.9 Å². The van der Waals surface area contributed by atoms with Gasteiger partial charge in [0.25, 0.3) is 0 Å². The Morgan fingerprint density at radius 3 is 2.33 bits per heavy atom. The number of nitrogens with one attached hydrogen (secondary N) is 1. The van der Waals surface area contributed by atoms with E-state index in [-0.39, 0.29) is 30.8 Å². The molecule has 3 N–H and O–H groups in total. The molecular formula is C13H21N3O5. The van der Waals surface area contributed by atoms with Gasteiger partial charge in [-0.1, -0.05) is 0 Å². The van der Waals surface area contributed by atoms with Gasteiger partial charge in [0.2, 0.25) is 5.91 Å². The molecule has 0 bridgehead atoms. The predicted molar refractivity (Wildman–Crippen MR) is 72.5 cm³/mol. The van der Waals surface area contributed by atoms with Crippen LogP contribution in [-0.2, 0) is 9.59 Å². The van der Waals surface area contributed by atoms with Crippen LogP contribution in [0.25, 0.3) is 0 Å². The summed E-state index contributed by atoms with van der Waals surface area (Å²) in [6.45, 7) is 0.900. The lowest BCUT2D eigenvalue weighted by Gasteiger charge is -2.35. The van der Waals surface area contributed by atoms with Crippen molar-refractivity contribution in [3.63, 3.8) is 0 Å². The van der Waals surface area contributed by atoms with Gasteiger partial charge in [0.05, 0.1) is 6.10 Å². The first-order valence-electron chi connectivity index (χ1n) is 7.12. The molecule has 0 aromatic carbocycles. The first kappa shape index (κ1) is 15.6. The van der Waals surface area contributed by atoms with Crippen molar-refractivity contribution in [2.24, 2.45) is 5.92 Å². The highest BCUT2D eigenvalue weighted by Crippen LogP contribution is 2.23. The summed E-state index contributed by atoms with van der Waals surface area (Å²) in [7, 11) is 1.59. The van der Waals surface area contributed by atoms with Crippen LogP contribution in [0.4, 0.5) is 4.79 Å². The van der Waals surface area contributed by atoms with Crippen LogP contribution in [0.15, 0.2) is 0 Å². The Morgan fingerprint density at radius 2 is 1.81 bits per heavy atom. The van der Waals surface area contributed by atoms with Gasteiger partial charge < -0.3 is 25.3 Å². The number of likely N-dealkylation sites (tertiary alicyclic amines) is 2. The summed E-state index contributed by atoms with van der Waals surface area (Å²) < 4.78 is 0. The fourth-order valence-electron chi connectivity index (χ4n) is 2.98. The summed E-state index contributed by atoms with van der Waals surface area (Å²) in [5, 5.41) is 21.3. The summed E-state index contributed by atoms with van der Waals surface area (Å²) in [5.41, 5.74) is 0. The second kappa shape index (κ2) is 6.30. The maximum atomic E-state index is 12.4. The first-order chi connectivity index (χ1) is 9.93. The molecule has 2 aliphatic heterocycles. The molecule has 0 saturated carbocycles. The van der Waals surface area contributed by atoms with Crippen LogP contribution in [0.3, 0.4) is 0 Å². The zero-order valence-electron chi connectivity index (χ0n) is 12.0. The number of carboxylic acids is 1. The molecule has 21 heavy (non-hydrogen) atoms. The predicted octanol–water partition coefficient (Wildman–Crippen LogP) is -0.916. The van der Waals surface area contributed by atoms with Gasteiger partial charge in [0.15, 0.2) is 0 Å². The Balaban J connectivity index is 1.95. The molecule has 8 nitrogen and oxygen atoms in total. The number of aliphatic carboxylic acids is 1. The molecule has 0 radical (unpaired) electrons. The Labute approximate surface area is 122 Å². The quantitative estimate of drug-likeness (QED) is 0.611. The number of carbonyl (C=O) groups excluding carboxylic acids is 2. The maximum Gasteiger partial charge on any atom is 0.326 e. The van der Waals surface area contributed by atoms with E-state index in [1.807, 2.05) is 0 Å². The van der Waals surface area contributed by atoms with Crippen LogP contribution in [0.1, 0.15) is 19.3 Å². The molecule has 0 aromatic rings. The smallest absolute Gasteiger partial charge is 0.326 e. The number of hydrogen-bond donors (Lipinski definition) is 3. The van der Waals surface area contributed by atoms with E-state index in [0.29, 0.717) is 25.9 Å². The van der Waals surface area contributed by atoms with Gasteiger partial charge in [-0.3, -0.25) is 4.79 Å². The van der Waals surface area contributed by atoms with Crippen LogP contribution in [0.2, 0.25) is 0 Å². The van der Waals surface area contributed by atoms with Crippen LogP contribution < -0.4 is 5.32 Å². The molecule has 0 unspecified atom stereocenters. The summed E-state index contributed by atoms with van der Waals surface area (Å²) in [6.07, 6.45) is 0.410. The van der Waals surface area contributed by atoms with E-state index < -0.39 is 18.1 Å². The lowest BCUT2D eigenvalue weighted by molar-refractivity contribution is -0.141. The average Bonchev–Trinajstić information content (AvgIpc) is 2.88. The Kier molecular flexibility index (Phi) is 4.66. The van der Waals surface area contributed by atoms with Gasteiger partial charge >= 0.3 is 12.0 Å². The SMILES string of the molecule is CNC(=O)C1CCN(C(=O)N2C[C@H](O)C[C@@H]2C(=O)O)CC1. The van der Waals surface area contributed by atoms with Crippen molar-refractivity contribution < 1.29 is 24.6 Å². The van der Waals surface area contributed by atoms with Crippen LogP contribution in [0.5, 0.6) is 0 Å². The molecule has 2 rings (SSSR count). The molecule has 3 amide bonds. The number of amides is 3. The molecule has 2 fully saturated rings. The van der Waals surface area contributed by atoms with Gasteiger partial charge in [-0.25, -0.2) is 9.59 Å². The molecule has 2 saturated heterocycles. The second-order valence-electron chi connectivity index (χ2n) is 5.55. The Morgan fingerprint density at radius 1 is 1.19 bits per heavy atom. The minimum absolute atomic E-state index is 0.0258. The normalized spacial score (nSPS) is 26.8. The van der Waals surface area contributed by atoms with Gasteiger partial charge in [0.1, 0.15) is 6.04 Å². The van der Waals surface area contributed by atoms with E-state index in [1.54, 1.807) is 11.9 Å². The van der Waals surface area contributed by atoms with Crippen LogP contribution in [-0.4, -0.2) is 76.7 Å². The number of hydrogen-bond acceptors (Lipinski definition) is 4. The fourth-order valence-corrected chi connectivity index (χ4v) is 2.98. The lowest BCUT2D eigenvalue weighted by atomic mass is 9.96. The van der Waals surface area contributed by atoms with E-state index in [1.165, 1.54) is 4.90 Å². The third kappa shape index (κ3) is 3.26. The van der Waals surface area contributed by atoms with Crippen molar-refractivity contribution in [3.8, 4) is 0 Å². The molecule has 0 spiro atoms. The van der Waals surface area contributed by atoms with Crippen molar-refractivity contribution in [2.75, 3.05) is 26.7 Å². The van der Waals surface area contributed by atoms with Crippen molar-refractivity contribution in [3.05, 3.63) is 0 Å². The number of aliphatic hydroxyl groups is 1. The molecule has 2 heterocycles. The third-order valence-electron chi connectivity index (χ3n) is 4.19. The number of rotatable bonds is 2. The highest BCUT2D eigenvalue weighted by Gasteiger charge is 2.41. The van der Waals surface area contributed by atoms with Gasteiger partial charge in [-0.2, -0.15) is 0 Å². The van der Waals surface area contributed by atoms with Gasteiger partial charge in [-0.05, 0) is 12.8 Å². The highest BCUT2D eigenvalue weighted by atomic mass is 16.4. The maximum absolute atomic E-state index is 12.4. The van der Waals surface area contributed by atoms with E-state index >= 15 is 0 Å². The number of carboxylic acid groups (broad SMARTS) is 1. The largest absolute Gasteiger partial charge is 0.480 e. The number of carbonyl (C=O) groups is 3. The van der Waals surface area contributed by atoms with E-state index in [4.69, 9.17) is 5.11 Å². The van der Waals surface area contributed by atoms with E-state index in [9.17, 15) is 19.5 Å². The number of β-amino-alcohol motifs (C(OH)–C–C–N with tert-alkyl or cyclic N) is 1. The Bertz CT molecular complexity index is 434. The molecule has 2 atom stereocenters. The standard InChI is InChI=1S/C13H21N3O5/c1-14-11(18)8-2-4-15(5-3-8)13(21)16-7-9(17)6-10(16)12(19)20/h8-10,17H,2-7H2,1H3,(H,14,18)(H,19,20)/t9-,10-/m1/s1. The number of piperidine rings is 1. The van der Waals surface area contributed by atoms with E-state index in [0.717, 1.165) is 0 Å². The number of nitrogens with zero attached hydrogens (tertiary/aromatic N) is 2. The molecular weight excluding hydrogens is 278 g/mol. The fraction of sp³-hybridized carbons (Fsp3) is 0.769.